The molecular formula is C19H24N2O3. The first-order chi connectivity index (χ1) is 11.4. The van der Waals surface area contributed by atoms with Crippen molar-refractivity contribution in [1.29, 1.82) is 0 Å². The Bertz CT molecular complexity index is 696. The van der Waals surface area contributed by atoms with Gasteiger partial charge in [-0.3, -0.25) is 0 Å². The van der Waals surface area contributed by atoms with E-state index in [4.69, 9.17) is 4.74 Å². The standard InChI is InChI=1S/C19H24N2O3/c1-12(2)17-7-5-6-13(3)18(17)21-19(23)20-14(4)24-16-10-8-15(22)9-11-16/h5-12,14,22H,1-4H3,(H2,20,21,23). The molecule has 0 aliphatic heterocycles. The first-order valence-electron chi connectivity index (χ1n) is 7.99. The number of nitrogens with one attached hydrogen (secondary N) is 2. The molecule has 0 fully saturated rings. The number of hydrogen-bond acceptors (Lipinski definition) is 3. The van der Waals surface area contributed by atoms with Crippen LogP contribution in [0.3, 0.4) is 0 Å². The Labute approximate surface area is 142 Å². The molecule has 0 spiro atoms. The van der Waals surface area contributed by atoms with Crippen molar-refractivity contribution in [2.75, 3.05) is 5.32 Å². The van der Waals surface area contributed by atoms with Crippen molar-refractivity contribution < 1.29 is 14.6 Å². The largest absolute Gasteiger partial charge is 0.508 e. The summed E-state index contributed by atoms with van der Waals surface area (Å²) in [5.74, 6) is 1.05. The lowest BCUT2D eigenvalue weighted by Crippen LogP contribution is -2.39. The molecule has 0 saturated heterocycles. The van der Waals surface area contributed by atoms with Crippen LogP contribution in [-0.4, -0.2) is 17.4 Å². The van der Waals surface area contributed by atoms with Crippen LogP contribution in [0.1, 0.15) is 37.8 Å². The average Bonchev–Trinajstić information content (AvgIpc) is 2.51. The van der Waals surface area contributed by atoms with Gasteiger partial charge in [0.05, 0.1) is 0 Å². The smallest absolute Gasteiger partial charge is 0.322 e. The van der Waals surface area contributed by atoms with Crippen molar-refractivity contribution in [3.8, 4) is 11.5 Å². The number of carbonyl (C=O) groups excluding carboxylic acids is 1. The second-order valence-corrected chi connectivity index (χ2v) is 6.05. The van der Waals surface area contributed by atoms with Crippen molar-refractivity contribution in [3.63, 3.8) is 0 Å². The Hall–Kier alpha value is -2.69. The summed E-state index contributed by atoms with van der Waals surface area (Å²) in [5.41, 5.74) is 2.95. The van der Waals surface area contributed by atoms with Crippen LogP contribution in [0.5, 0.6) is 11.5 Å². The van der Waals surface area contributed by atoms with E-state index in [1.54, 1.807) is 19.1 Å². The van der Waals surface area contributed by atoms with E-state index in [0.29, 0.717) is 11.7 Å². The molecule has 0 aliphatic carbocycles. The monoisotopic (exact) mass is 328 g/mol. The number of benzene rings is 2. The number of ether oxygens (including phenoxy) is 1. The molecular weight excluding hydrogens is 304 g/mol. The van der Waals surface area contributed by atoms with E-state index < -0.39 is 6.23 Å². The summed E-state index contributed by atoms with van der Waals surface area (Å²) in [4.78, 5) is 12.3. The van der Waals surface area contributed by atoms with E-state index in [-0.39, 0.29) is 11.8 Å². The minimum atomic E-state index is -0.513. The number of hydrogen-bond donors (Lipinski definition) is 3. The third kappa shape index (κ3) is 4.65. The van der Waals surface area contributed by atoms with Gasteiger partial charge in [0.1, 0.15) is 11.5 Å². The predicted molar refractivity (Wildman–Crippen MR) is 95.6 cm³/mol. The summed E-state index contributed by atoms with van der Waals surface area (Å²) in [5, 5.41) is 14.9. The zero-order chi connectivity index (χ0) is 17.7. The molecule has 1 atom stereocenters. The predicted octanol–water partition coefficient (Wildman–Crippen LogP) is 4.37. The van der Waals surface area contributed by atoms with Gasteiger partial charge in [0.2, 0.25) is 0 Å². The molecule has 0 radical (unpaired) electrons. The Morgan fingerprint density at radius 3 is 2.38 bits per heavy atom. The fourth-order valence-electron chi connectivity index (χ4n) is 2.43. The number of urea groups is 1. The molecule has 5 heteroatoms. The Morgan fingerprint density at radius 2 is 1.75 bits per heavy atom. The summed E-state index contributed by atoms with van der Waals surface area (Å²) < 4.78 is 5.60. The van der Waals surface area contributed by atoms with Gasteiger partial charge in [-0.2, -0.15) is 0 Å². The number of carbonyl (C=O) groups is 1. The van der Waals surface area contributed by atoms with E-state index in [1.165, 1.54) is 12.1 Å². The Kier molecular flexibility index (Phi) is 5.68. The number of aromatic hydroxyl groups is 1. The first-order valence-corrected chi connectivity index (χ1v) is 7.99. The van der Waals surface area contributed by atoms with Gasteiger partial charge in [-0.25, -0.2) is 4.79 Å². The number of phenolic OH excluding ortho intramolecular Hbond substituents is 1. The van der Waals surface area contributed by atoms with Crippen LogP contribution < -0.4 is 15.4 Å². The summed E-state index contributed by atoms with van der Waals surface area (Å²) >= 11 is 0. The van der Waals surface area contributed by atoms with Gasteiger partial charge in [-0.1, -0.05) is 32.0 Å². The Morgan fingerprint density at radius 1 is 1.08 bits per heavy atom. The maximum Gasteiger partial charge on any atom is 0.322 e. The maximum atomic E-state index is 12.3. The number of phenols is 1. The van der Waals surface area contributed by atoms with Gasteiger partial charge < -0.3 is 20.5 Å². The van der Waals surface area contributed by atoms with Crippen LogP contribution in [0.25, 0.3) is 0 Å². The molecule has 2 amide bonds. The topological polar surface area (TPSA) is 70.6 Å². The SMILES string of the molecule is Cc1cccc(C(C)C)c1NC(=O)NC(C)Oc1ccc(O)cc1. The average molecular weight is 328 g/mol. The number of rotatable bonds is 5. The molecule has 2 rings (SSSR count). The summed E-state index contributed by atoms with van der Waals surface area (Å²) in [6, 6.07) is 12.0. The summed E-state index contributed by atoms with van der Waals surface area (Å²) in [6.45, 7) is 7.90. The second kappa shape index (κ2) is 7.73. The Balaban J connectivity index is 1.99. The van der Waals surface area contributed by atoms with Crippen LogP contribution in [0.2, 0.25) is 0 Å². The fourth-order valence-corrected chi connectivity index (χ4v) is 2.43. The van der Waals surface area contributed by atoms with Crippen molar-refractivity contribution >= 4 is 11.7 Å². The lowest BCUT2D eigenvalue weighted by atomic mass is 9.98. The molecule has 5 nitrogen and oxygen atoms in total. The minimum Gasteiger partial charge on any atom is -0.508 e. The van der Waals surface area contributed by atoms with Crippen LogP contribution in [-0.2, 0) is 0 Å². The van der Waals surface area contributed by atoms with E-state index in [1.807, 2.05) is 25.1 Å². The zero-order valence-corrected chi connectivity index (χ0v) is 14.5. The van der Waals surface area contributed by atoms with Crippen molar-refractivity contribution in [2.24, 2.45) is 0 Å². The normalized spacial score (nSPS) is 11.9. The molecule has 1 unspecified atom stereocenters. The molecule has 0 aromatic heterocycles. The third-order valence-electron chi connectivity index (χ3n) is 3.65. The third-order valence-corrected chi connectivity index (χ3v) is 3.65. The van der Waals surface area contributed by atoms with Gasteiger partial charge >= 0.3 is 6.03 Å². The molecule has 0 aliphatic rings. The molecule has 0 heterocycles. The number of amides is 2. The molecule has 3 N–H and O–H groups in total. The maximum absolute atomic E-state index is 12.3. The highest BCUT2D eigenvalue weighted by Crippen LogP contribution is 2.27. The first kappa shape index (κ1) is 17.7. The van der Waals surface area contributed by atoms with Crippen LogP contribution in [0.4, 0.5) is 10.5 Å². The summed E-state index contributed by atoms with van der Waals surface area (Å²) in [7, 11) is 0. The number of para-hydroxylation sites is 1. The summed E-state index contributed by atoms with van der Waals surface area (Å²) in [6.07, 6.45) is -0.513. The zero-order valence-electron chi connectivity index (χ0n) is 14.5. The highest BCUT2D eigenvalue weighted by atomic mass is 16.5. The van der Waals surface area contributed by atoms with Crippen LogP contribution in [0, 0.1) is 6.92 Å². The minimum absolute atomic E-state index is 0.168. The van der Waals surface area contributed by atoms with Crippen molar-refractivity contribution in [1.82, 2.24) is 5.32 Å². The van der Waals surface area contributed by atoms with Crippen LogP contribution >= 0.6 is 0 Å². The van der Waals surface area contributed by atoms with E-state index >= 15 is 0 Å². The van der Waals surface area contributed by atoms with E-state index in [9.17, 15) is 9.90 Å². The second-order valence-electron chi connectivity index (χ2n) is 6.05. The van der Waals surface area contributed by atoms with Gasteiger partial charge in [-0.05, 0) is 55.2 Å². The number of anilines is 1. The van der Waals surface area contributed by atoms with Gasteiger partial charge in [-0.15, -0.1) is 0 Å². The fraction of sp³-hybridized carbons (Fsp3) is 0.316. The van der Waals surface area contributed by atoms with Crippen molar-refractivity contribution in [3.05, 3.63) is 53.6 Å². The molecule has 24 heavy (non-hydrogen) atoms. The lowest BCUT2D eigenvalue weighted by Gasteiger charge is -2.20. The number of aryl methyl sites for hydroxylation is 1. The molecule has 0 bridgehead atoms. The van der Waals surface area contributed by atoms with Gasteiger partial charge in [0.25, 0.3) is 0 Å². The van der Waals surface area contributed by atoms with Crippen molar-refractivity contribution in [2.45, 2.75) is 39.8 Å². The highest BCUT2D eigenvalue weighted by molar-refractivity contribution is 5.91. The van der Waals surface area contributed by atoms with Gasteiger partial charge in [0.15, 0.2) is 6.23 Å². The van der Waals surface area contributed by atoms with Crippen LogP contribution in [0.15, 0.2) is 42.5 Å². The quantitative estimate of drug-likeness (QED) is 0.714. The lowest BCUT2D eigenvalue weighted by molar-refractivity contribution is 0.183. The molecule has 128 valence electrons. The molecule has 0 saturated carbocycles. The highest BCUT2D eigenvalue weighted by Gasteiger charge is 2.14. The molecule has 2 aromatic rings. The van der Waals surface area contributed by atoms with E-state index in [2.05, 4.69) is 24.5 Å². The van der Waals surface area contributed by atoms with Gasteiger partial charge in [0, 0.05) is 5.69 Å². The molecule has 2 aromatic carbocycles. The van der Waals surface area contributed by atoms with E-state index in [0.717, 1.165) is 16.8 Å².